The minimum Gasteiger partial charge on any atom is -0.504 e. The van der Waals surface area contributed by atoms with Gasteiger partial charge in [-0.1, -0.05) is 11.6 Å². The van der Waals surface area contributed by atoms with Gasteiger partial charge in [0.1, 0.15) is 0 Å². The van der Waals surface area contributed by atoms with Crippen molar-refractivity contribution in [2.45, 2.75) is 24.7 Å². The van der Waals surface area contributed by atoms with Gasteiger partial charge in [-0.25, -0.2) is 0 Å². The van der Waals surface area contributed by atoms with Gasteiger partial charge in [0, 0.05) is 5.56 Å². The fourth-order valence-corrected chi connectivity index (χ4v) is 2.13. The largest absolute Gasteiger partial charge is 0.504 e. The standard InChI is InChI=1S/C11H9ClFNO2/c12-7-4-6(9(15)8(13)10(7)16)11(5-14)2-1-3-11/h4,15-16H,1-3H2. The third-order valence-corrected chi connectivity index (χ3v) is 3.39. The summed E-state index contributed by atoms with van der Waals surface area (Å²) < 4.78 is 13.4. The molecule has 2 rings (SSSR count). The molecule has 0 radical (unpaired) electrons. The van der Waals surface area contributed by atoms with Gasteiger partial charge in [-0.05, 0) is 25.3 Å². The molecule has 1 fully saturated rings. The van der Waals surface area contributed by atoms with Crippen LogP contribution >= 0.6 is 11.6 Å². The monoisotopic (exact) mass is 241 g/mol. The van der Waals surface area contributed by atoms with Crippen molar-refractivity contribution < 1.29 is 14.6 Å². The first-order valence-corrected chi connectivity index (χ1v) is 5.21. The molecule has 0 unspecified atom stereocenters. The molecule has 0 bridgehead atoms. The predicted molar refractivity (Wildman–Crippen MR) is 55.9 cm³/mol. The van der Waals surface area contributed by atoms with Gasteiger partial charge in [-0.3, -0.25) is 0 Å². The summed E-state index contributed by atoms with van der Waals surface area (Å²) in [5.74, 6) is -2.62. The summed E-state index contributed by atoms with van der Waals surface area (Å²) in [5, 5.41) is 27.7. The predicted octanol–water partition coefficient (Wildman–Crippen LogP) is 2.84. The van der Waals surface area contributed by atoms with E-state index < -0.39 is 22.7 Å². The maximum absolute atomic E-state index is 13.4. The van der Waals surface area contributed by atoms with Crippen LogP contribution in [0.4, 0.5) is 4.39 Å². The van der Waals surface area contributed by atoms with E-state index in [4.69, 9.17) is 16.9 Å². The van der Waals surface area contributed by atoms with Gasteiger partial charge >= 0.3 is 0 Å². The summed E-state index contributed by atoms with van der Waals surface area (Å²) >= 11 is 5.62. The van der Waals surface area contributed by atoms with E-state index in [-0.39, 0.29) is 10.6 Å². The maximum atomic E-state index is 13.4. The molecule has 3 nitrogen and oxygen atoms in total. The van der Waals surface area contributed by atoms with Gasteiger partial charge < -0.3 is 10.2 Å². The van der Waals surface area contributed by atoms with Gasteiger partial charge in [0.25, 0.3) is 0 Å². The molecule has 5 heteroatoms. The van der Waals surface area contributed by atoms with Gasteiger partial charge in [-0.15, -0.1) is 0 Å². The number of phenolic OH excluding ortho intramolecular Hbond substituents is 2. The molecule has 1 aliphatic carbocycles. The summed E-state index contributed by atoms with van der Waals surface area (Å²) in [6.45, 7) is 0. The van der Waals surface area contributed by atoms with E-state index in [1.165, 1.54) is 6.07 Å². The van der Waals surface area contributed by atoms with Crippen LogP contribution < -0.4 is 0 Å². The molecule has 0 aromatic heterocycles. The molecule has 0 atom stereocenters. The van der Waals surface area contributed by atoms with E-state index in [2.05, 4.69) is 6.07 Å². The third-order valence-electron chi connectivity index (χ3n) is 3.10. The number of benzene rings is 1. The first-order valence-electron chi connectivity index (χ1n) is 4.83. The molecular weight excluding hydrogens is 233 g/mol. The van der Waals surface area contributed by atoms with Crippen LogP contribution in [0, 0.1) is 17.1 Å². The van der Waals surface area contributed by atoms with E-state index in [0.717, 1.165) is 6.42 Å². The Morgan fingerprint density at radius 1 is 1.38 bits per heavy atom. The Kier molecular flexibility index (Phi) is 2.43. The van der Waals surface area contributed by atoms with E-state index in [0.29, 0.717) is 12.8 Å². The van der Waals surface area contributed by atoms with E-state index in [1.807, 2.05) is 0 Å². The smallest absolute Gasteiger partial charge is 0.208 e. The number of hydrogen-bond donors (Lipinski definition) is 2. The highest BCUT2D eigenvalue weighted by Gasteiger charge is 2.42. The summed E-state index contributed by atoms with van der Waals surface area (Å²) in [5.41, 5.74) is -0.691. The molecular formula is C11H9ClFNO2. The summed E-state index contributed by atoms with van der Waals surface area (Å²) in [4.78, 5) is 0. The molecule has 1 aromatic rings. The Hall–Kier alpha value is -1.47. The zero-order valence-electron chi connectivity index (χ0n) is 8.30. The molecule has 1 saturated carbocycles. The minimum atomic E-state index is -1.16. The lowest BCUT2D eigenvalue weighted by molar-refractivity contribution is 0.303. The third kappa shape index (κ3) is 1.32. The van der Waals surface area contributed by atoms with Gasteiger partial charge in [0.2, 0.25) is 5.82 Å². The van der Waals surface area contributed by atoms with Crippen molar-refractivity contribution in [3.8, 4) is 17.6 Å². The number of nitriles is 1. The first kappa shape index (κ1) is 11.0. The van der Waals surface area contributed by atoms with Crippen molar-refractivity contribution in [2.24, 2.45) is 0 Å². The van der Waals surface area contributed by atoms with Crippen molar-refractivity contribution in [2.75, 3.05) is 0 Å². The Balaban J connectivity index is 2.63. The van der Waals surface area contributed by atoms with E-state index >= 15 is 0 Å². The maximum Gasteiger partial charge on any atom is 0.208 e. The molecule has 16 heavy (non-hydrogen) atoms. The summed E-state index contributed by atoms with van der Waals surface area (Å²) in [6.07, 6.45) is 1.99. The normalized spacial score (nSPS) is 17.6. The lowest BCUT2D eigenvalue weighted by Crippen LogP contribution is -2.32. The highest BCUT2D eigenvalue weighted by atomic mass is 35.5. The fourth-order valence-electron chi connectivity index (χ4n) is 1.94. The summed E-state index contributed by atoms with van der Waals surface area (Å²) in [7, 11) is 0. The van der Waals surface area contributed by atoms with Crippen LogP contribution in [0.1, 0.15) is 24.8 Å². The van der Waals surface area contributed by atoms with Crippen LogP contribution in [0.15, 0.2) is 6.07 Å². The summed E-state index contributed by atoms with van der Waals surface area (Å²) in [6, 6.07) is 3.34. The number of nitrogens with zero attached hydrogens (tertiary/aromatic N) is 1. The van der Waals surface area contributed by atoms with Crippen LogP contribution in [0.5, 0.6) is 11.5 Å². The lowest BCUT2D eigenvalue weighted by Gasteiger charge is -2.36. The Morgan fingerprint density at radius 3 is 2.44 bits per heavy atom. The van der Waals surface area contributed by atoms with Gasteiger partial charge in [0.15, 0.2) is 11.5 Å². The van der Waals surface area contributed by atoms with Crippen molar-refractivity contribution in [3.63, 3.8) is 0 Å². The Bertz CT molecular complexity index is 492. The van der Waals surface area contributed by atoms with Gasteiger partial charge in [-0.2, -0.15) is 9.65 Å². The quantitative estimate of drug-likeness (QED) is 0.795. The average molecular weight is 242 g/mol. The molecule has 84 valence electrons. The fraction of sp³-hybridized carbons (Fsp3) is 0.364. The minimum absolute atomic E-state index is 0.168. The van der Waals surface area contributed by atoms with Crippen molar-refractivity contribution in [3.05, 3.63) is 22.5 Å². The number of rotatable bonds is 1. The lowest BCUT2D eigenvalue weighted by atomic mass is 9.65. The van der Waals surface area contributed by atoms with Crippen molar-refractivity contribution in [1.29, 1.82) is 5.26 Å². The highest BCUT2D eigenvalue weighted by Crippen LogP contribution is 2.49. The Labute approximate surface area is 96.7 Å². The molecule has 0 saturated heterocycles. The van der Waals surface area contributed by atoms with Crippen LogP contribution in [0.2, 0.25) is 5.02 Å². The van der Waals surface area contributed by atoms with Crippen LogP contribution in [0.3, 0.4) is 0 Å². The molecule has 0 amide bonds. The molecule has 1 aromatic carbocycles. The Morgan fingerprint density at radius 2 is 2.00 bits per heavy atom. The van der Waals surface area contributed by atoms with Crippen LogP contribution in [0.25, 0.3) is 0 Å². The first-order chi connectivity index (χ1) is 7.52. The van der Waals surface area contributed by atoms with Crippen LogP contribution in [-0.2, 0) is 5.41 Å². The second-order valence-electron chi connectivity index (χ2n) is 3.96. The molecule has 1 aliphatic rings. The number of halogens is 2. The number of aromatic hydroxyl groups is 2. The number of phenols is 2. The molecule has 0 spiro atoms. The van der Waals surface area contributed by atoms with Crippen LogP contribution in [-0.4, -0.2) is 10.2 Å². The van der Waals surface area contributed by atoms with E-state index in [9.17, 15) is 14.6 Å². The zero-order chi connectivity index (χ0) is 11.9. The topological polar surface area (TPSA) is 64.2 Å². The van der Waals surface area contributed by atoms with Gasteiger partial charge in [0.05, 0.1) is 16.5 Å². The average Bonchev–Trinajstić information content (AvgIpc) is 2.21. The molecule has 2 N–H and O–H groups in total. The van der Waals surface area contributed by atoms with Crippen molar-refractivity contribution in [1.82, 2.24) is 0 Å². The molecule has 0 aliphatic heterocycles. The SMILES string of the molecule is N#CC1(c2cc(Cl)c(O)c(F)c2O)CCC1. The zero-order valence-corrected chi connectivity index (χ0v) is 9.05. The number of hydrogen-bond acceptors (Lipinski definition) is 3. The molecule has 0 heterocycles. The highest BCUT2D eigenvalue weighted by molar-refractivity contribution is 6.32. The van der Waals surface area contributed by atoms with E-state index in [1.54, 1.807) is 0 Å². The second kappa shape index (κ2) is 3.53. The second-order valence-corrected chi connectivity index (χ2v) is 4.37. The van der Waals surface area contributed by atoms with Crippen molar-refractivity contribution >= 4 is 11.6 Å².